The molecule has 0 aromatic carbocycles. The number of hydrogen-bond donors (Lipinski definition) is 1. The van der Waals surface area contributed by atoms with Crippen molar-refractivity contribution in [3.63, 3.8) is 0 Å². The molecule has 1 saturated heterocycles. The molecule has 4 heterocycles. The van der Waals surface area contributed by atoms with Crippen LogP contribution in [0.5, 0.6) is 0 Å². The Morgan fingerprint density at radius 1 is 1.29 bits per heavy atom. The van der Waals surface area contributed by atoms with E-state index in [-0.39, 0.29) is 0 Å². The van der Waals surface area contributed by atoms with E-state index < -0.39 is 6.10 Å². The lowest BCUT2D eigenvalue weighted by atomic mass is 10.1. The van der Waals surface area contributed by atoms with Gasteiger partial charge in [-0.15, -0.1) is 0 Å². The van der Waals surface area contributed by atoms with Crippen molar-refractivity contribution < 1.29 is 9.84 Å². The van der Waals surface area contributed by atoms with Crippen molar-refractivity contribution in [2.75, 3.05) is 19.8 Å². The summed E-state index contributed by atoms with van der Waals surface area (Å²) < 4.78 is 9.26. The molecule has 7 nitrogen and oxygen atoms in total. The van der Waals surface area contributed by atoms with Crippen molar-refractivity contribution in [1.82, 2.24) is 24.5 Å². The summed E-state index contributed by atoms with van der Waals surface area (Å²) in [5.41, 5.74) is 2.67. The molecule has 0 saturated carbocycles. The molecule has 24 heavy (non-hydrogen) atoms. The van der Waals surface area contributed by atoms with Crippen molar-refractivity contribution in [1.29, 1.82) is 0 Å². The molecular formula is C17H25N5O2. The van der Waals surface area contributed by atoms with E-state index in [0.29, 0.717) is 11.7 Å². The second-order valence-corrected chi connectivity index (χ2v) is 6.73. The standard InChI is InChI=1S/C17H25N5O2/c1-20-16(3-6-18-20)17(23)15-11-14-12-21(7-2-8-22(14)19-15)13-4-9-24-10-5-13/h3,6,11,13,17,23H,2,4-5,7-10,12H2,1H3/t17-/m0/s1. The number of aliphatic hydroxyl groups excluding tert-OH is 1. The predicted molar refractivity (Wildman–Crippen MR) is 88.4 cm³/mol. The molecule has 2 aliphatic heterocycles. The first kappa shape index (κ1) is 15.8. The van der Waals surface area contributed by atoms with Crippen LogP contribution in [0.3, 0.4) is 0 Å². The Hall–Kier alpha value is -1.70. The summed E-state index contributed by atoms with van der Waals surface area (Å²) in [7, 11) is 1.84. The van der Waals surface area contributed by atoms with Gasteiger partial charge in [-0.3, -0.25) is 14.3 Å². The zero-order valence-electron chi connectivity index (χ0n) is 14.1. The van der Waals surface area contributed by atoms with Gasteiger partial charge in [-0.2, -0.15) is 10.2 Å². The average molecular weight is 331 g/mol. The van der Waals surface area contributed by atoms with Gasteiger partial charge in [0.05, 0.1) is 17.1 Å². The highest BCUT2D eigenvalue weighted by Gasteiger charge is 2.26. The maximum Gasteiger partial charge on any atom is 0.139 e. The van der Waals surface area contributed by atoms with Crippen LogP contribution in [0.25, 0.3) is 0 Å². The van der Waals surface area contributed by atoms with Crippen LogP contribution in [0, 0.1) is 0 Å². The fraction of sp³-hybridized carbons (Fsp3) is 0.647. The second kappa shape index (κ2) is 6.66. The summed E-state index contributed by atoms with van der Waals surface area (Å²) in [6, 6.07) is 4.49. The summed E-state index contributed by atoms with van der Waals surface area (Å²) >= 11 is 0. The van der Waals surface area contributed by atoms with Gasteiger partial charge in [-0.1, -0.05) is 0 Å². The molecule has 2 aromatic rings. The molecule has 0 bridgehead atoms. The minimum atomic E-state index is -0.728. The first-order chi connectivity index (χ1) is 11.7. The lowest BCUT2D eigenvalue weighted by Gasteiger charge is -2.33. The van der Waals surface area contributed by atoms with Gasteiger partial charge in [0.25, 0.3) is 0 Å². The molecule has 0 spiro atoms. The molecule has 2 aliphatic rings. The van der Waals surface area contributed by atoms with Crippen LogP contribution in [0.4, 0.5) is 0 Å². The lowest BCUT2D eigenvalue weighted by Crippen LogP contribution is -2.39. The van der Waals surface area contributed by atoms with Gasteiger partial charge >= 0.3 is 0 Å². The maximum absolute atomic E-state index is 10.6. The Kier molecular flexibility index (Phi) is 4.39. The summed E-state index contributed by atoms with van der Waals surface area (Å²) in [4.78, 5) is 2.56. The van der Waals surface area contributed by atoms with Crippen molar-refractivity contribution in [2.24, 2.45) is 7.05 Å². The van der Waals surface area contributed by atoms with Gasteiger partial charge in [-0.25, -0.2) is 0 Å². The van der Waals surface area contributed by atoms with E-state index >= 15 is 0 Å². The van der Waals surface area contributed by atoms with Gasteiger partial charge in [0.15, 0.2) is 0 Å². The molecule has 4 rings (SSSR count). The Labute approximate surface area is 141 Å². The summed E-state index contributed by atoms with van der Waals surface area (Å²) in [5.74, 6) is 0. The quantitative estimate of drug-likeness (QED) is 0.912. The molecule has 1 N–H and O–H groups in total. The van der Waals surface area contributed by atoms with E-state index in [2.05, 4.69) is 25.8 Å². The Morgan fingerprint density at radius 2 is 2.12 bits per heavy atom. The molecule has 1 fully saturated rings. The fourth-order valence-corrected chi connectivity index (χ4v) is 3.81. The van der Waals surface area contributed by atoms with Gasteiger partial charge in [0.1, 0.15) is 6.10 Å². The highest BCUT2D eigenvalue weighted by atomic mass is 16.5. The number of aliphatic hydroxyl groups is 1. The minimum absolute atomic E-state index is 0.602. The smallest absolute Gasteiger partial charge is 0.139 e. The van der Waals surface area contributed by atoms with Crippen molar-refractivity contribution in [2.45, 2.75) is 44.5 Å². The Bertz CT molecular complexity index is 689. The van der Waals surface area contributed by atoms with Crippen LogP contribution in [0.2, 0.25) is 0 Å². The molecule has 7 heteroatoms. The van der Waals surface area contributed by atoms with Crippen LogP contribution in [0.1, 0.15) is 42.4 Å². The normalized spacial score (nSPS) is 21.4. The zero-order chi connectivity index (χ0) is 16.5. The highest BCUT2D eigenvalue weighted by Crippen LogP contribution is 2.25. The monoisotopic (exact) mass is 331 g/mol. The van der Waals surface area contributed by atoms with Crippen LogP contribution < -0.4 is 0 Å². The molecule has 0 unspecified atom stereocenters. The first-order valence-electron chi connectivity index (χ1n) is 8.77. The largest absolute Gasteiger partial charge is 0.381 e. The minimum Gasteiger partial charge on any atom is -0.381 e. The number of fused-ring (bicyclic) bond motifs is 1. The maximum atomic E-state index is 10.6. The van der Waals surface area contributed by atoms with Crippen molar-refractivity contribution >= 4 is 0 Å². The predicted octanol–water partition coefficient (Wildman–Crippen LogP) is 1.08. The zero-order valence-corrected chi connectivity index (χ0v) is 14.1. The van der Waals surface area contributed by atoms with E-state index in [9.17, 15) is 5.11 Å². The second-order valence-electron chi connectivity index (χ2n) is 6.73. The third kappa shape index (κ3) is 2.99. The molecule has 0 radical (unpaired) electrons. The van der Waals surface area contributed by atoms with E-state index in [4.69, 9.17) is 4.74 Å². The van der Waals surface area contributed by atoms with Gasteiger partial charge in [-0.05, 0) is 31.4 Å². The lowest BCUT2D eigenvalue weighted by molar-refractivity contribution is 0.0315. The summed E-state index contributed by atoms with van der Waals surface area (Å²) in [5, 5.41) is 19.4. The molecular weight excluding hydrogens is 306 g/mol. The molecule has 0 aliphatic carbocycles. The van der Waals surface area contributed by atoms with Gasteiger partial charge in [0, 0.05) is 52.1 Å². The fourth-order valence-electron chi connectivity index (χ4n) is 3.81. The summed E-state index contributed by atoms with van der Waals surface area (Å²) in [6.45, 7) is 4.65. The van der Waals surface area contributed by atoms with Crippen LogP contribution in [-0.4, -0.2) is 55.4 Å². The molecule has 2 aromatic heterocycles. The van der Waals surface area contributed by atoms with E-state index in [1.807, 2.05) is 13.1 Å². The van der Waals surface area contributed by atoms with E-state index in [1.54, 1.807) is 10.9 Å². The topological polar surface area (TPSA) is 68.3 Å². The third-order valence-corrected chi connectivity index (χ3v) is 5.19. The van der Waals surface area contributed by atoms with Crippen molar-refractivity contribution in [3.8, 4) is 0 Å². The molecule has 1 atom stereocenters. The first-order valence-corrected chi connectivity index (χ1v) is 8.77. The van der Waals surface area contributed by atoms with Gasteiger partial charge < -0.3 is 9.84 Å². The Morgan fingerprint density at radius 3 is 2.88 bits per heavy atom. The average Bonchev–Trinajstić information content (AvgIpc) is 3.16. The molecule has 130 valence electrons. The van der Waals surface area contributed by atoms with Gasteiger partial charge in [0.2, 0.25) is 0 Å². The van der Waals surface area contributed by atoms with Crippen LogP contribution in [0.15, 0.2) is 18.3 Å². The molecule has 0 amide bonds. The number of hydrogen-bond acceptors (Lipinski definition) is 5. The number of nitrogens with zero attached hydrogens (tertiary/aromatic N) is 5. The number of aryl methyl sites for hydroxylation is 2. The van der Waals surface area contributed by atoms with Crippen molar-refractivity contribution in [3.05, 3.63) is 35.4 Å². The van der Waals surface area contributed by atoms with Crippen LogP contribution >= 0.6 is 0 Å². The Balaban J connectivity index is 1.54. The summed E-state index contributed by atoms with van der Waals surface area (Å²) in [6.07, 6.45) is 4.28. The van der Waals surface area contributed by atoms with E-state index in [0.717, 1.165) is 57.8 Å². The SMILES string of the molecule is Cn1nccc1[C@@H](O)c1cc2n(n1)CCCN(C1CCOCC1)C2. The number of aromatic nitrogens is 4. The number of rotatable bonds is 3. The van der Waals surface area contributed by atoms with E-state index in [1.165, 1.54) is 5.69 Å². The van der Waals surface area contributed by atoms with Crippen LogP contribution in [-0.2, 0) is 24.9 Å². The third-order valence-electron chi connectivity index (χ3n) is 5.19. The number of ether oxygens (including phenoxy) is 1. The highest BCUT2D eigenvalue weighted by molar-refractivity contribution is 5.21.